The number of ether oxygens (including phenoxy) is 2. The number of carbonyl (C=O) groups is 2. The molecule has 6 heteroatoms. The first-order valence-corrected chi connectivity index (χ1v) is 7.51. The van der Waals surface area contributed by atoms with E-state index in [9.17, 15) is 9.59 Å². The van der Waals surface area contributed by atoms with Gasteiger partial charge in [-0.3, -0.25) is 9.59 Å². The van der Waals surface area contributed by atoms with Gasteiger partial charge in [0.2, 0.25) is 18.6 Å². The van der Waals surface area contributed by atoms with Gasteiger partial charge in [0.15, 0.2) is 11.5 Å². The van der Waals surface area contributed by atoms with Crippen molar-refractivity contribution >= 4 is 17.5 Å². The Labute approximate surface area is 129 Å². The minimum atomic E-state index is -0.911. The Bertz CT molecular complexity index is 608. The van der Waals surface area contributed by atoms with Gasteiger partial charge in [-0.2, -0.15) is 0 Å². The van der Waals surface area contributed by atoms with Crippen molar-refractivity contribution in [1.82, 2.24) is 5.32 Å². The van der Waals surface area contributed by atoms with Crippen LogP contribution in [-0.4, -0.2) is 25.2 Å². The molecular formula is C16H20N2O4. The van der Waals surface area contributed by atoms with Crippen molar-refractivity contribution in [2.75, 3.05) is 18.7 Å². The van der Waals surface area contributed by atoms with Crippen molar-refractivity contribution in [2.24, 2.45) is 11.3 Å². The molecule has 1 aromatic rings. The zero-order chi connectivity index (χ0) is 15.7. The minimum Gasteiger partial charge on any atom is -0.454 e. The zero-order valence-corrected chi connectivity index (χ0v) is 12.8. The van der Waals surface area contributed by atoms with E-state index >= 15 is 0 Å². The van der Waals surface area contributed by atoms with Gasteiger partial charge < -0.3 is 20.1 Å². The van der Waals surface area contributed by atoms with E-state index in [1.165, 1.54) is 0 Å². The van der Waals surface area contributed by atoms with Crippen molar-refractivity contribution < 1.29 is 19.1 Å². The molecule has 1 heterocycles. The lowest BCUT2D eigenvalue weighted by molar-refractivity contribution is -0.134. The SMILES string of the molecule is CC(C)CNC(=O)C1(C(=O)Nc2ccc3c(c2)OCO3)CC1. The number of fused-ring (bicyclic) bond motifs is 1. The molecule has 0 aromatic heterocycles. The number of carbonyl (C=O) groups excluding carboxylic acids is 2. The maximum atomic E-state index is 12.4. The summed E-state index contributed by atoms with van der Waals surface area (Å²) < 4.78 is 10.5. The van der Waals surface area contributed by atoms with Crippen molar-refractivity contribution in [3.8, 4) is 11.5 Å². The van der Waals surface area contributed by atoms with Crippen LogP contribution >= 0.6 is 0 Å². The van der Waals surface area contributed by atoms with Crippen molar-refractivity contribution in [2.45, 2.75) is 26.7 Å². The summed E-state index contributed by atoms with van der Waals surface area (Å²) in [6.07, 6.45) is 1.18. The summed E-state index contributed by atoms with van der Waals surface area (Å²) in [5, 5.41) is 5.66. The molecule has 22 heavy (non-hydrogen) atoms. The number of hydrogen-bond acceptors (Lipinski definition) is 4. The summed E-state index contributed by atoms with van der Waals surface area (Å²) in [6, 6.07) is 5.20. The van der Waals surface area contributed by atoms with Gasteiger partial charge in [0.25, 0.3) is 0 Å². The van der Waals surface area contributed by atoms with E-state index in [0.717, 1.165) is 0 Å². The van der Waals surface area contributed by atoms with E-state index in [4.69, 9.17) is 9.47 Å². The molecule has 2 N–H and O–H groups in total. The van der Waals surface area contributed by atoms with Gasteiger partial charge in [-0.1, -0.05) is 13.8 Å². The number of benzene rings is 1. The van der Waals surface area contributed by atoms with Crippen molar-refractivity contribution in [3.63, 3.8) is 0 Å². The standard InChI is InChI=1S/C16H20N2O4/c1-10(2)8-17-14(19)16(5-6-16)15(20)18-11-3-4-12-13(7-11)22-9-21-12/h3-4,7,10H,5-6,8-9H2,1-2H3,(H,17,19)(H,18,20). The molecule has 2 aliphatic rings. The molecule has 0 saturated heterocycles. The molecule has 0 unspecified atom stereocenters. The predicted octanol–water partition coefficient (Wildman–Crippen LogP) is 1.91. The molecule has 3 rings (SSSR count). The molecule has 1 aliphatic carbocycles. The first-order chi connectivity index (χ1) is 10.5. The van der Waals surface area contributed by atoms with Crippen molar-refractivity contribution in [3.05, 3.63) is 18.2 Å². The zero-order valence-electron chi connectivity index (χ0n) is 12.8. The van der Waals surface area contributed by atoms with Gasteiger partial charge in [-0.05, 0) is 30.9 Å². The smallest absolute Gasteiger partial charge is 0.240 e. The fraction of sp³-hybridized carbons (Fsp3) is 0.500. The fourth-order valence-electron chi connectivity index (χ4n) is 2.37. The van der Waals surface area contributed by atoms with E-state index in [0.29, 0.717) is 42.5 Å². The van der Waals surface area contributed by atoms with E-state index in [-0.39, 0.29) is 18.6 Å². The van der Waals surface area contributed by atoms with Crippen LogP contribution in [0.1, 0.15) is 26.7 Å². The van der Waals surface area contributed by atoms with Gasteiger partial charge >= 0.3 is 0 Å². The Balaban J connectivity index is 1.65. The van der Waals surface area contributed by atoms with Gasteiger partial charge in [0.05, 0.1) is 0 Å². The van der Waals surface area contributed by atoms with Crippen LogP contribution in [0, 0.1) is 11.3 Å². The Morgan fingerprint density at radius 3 is 2.59 bits per heavy atom. The Morgan fingerprint density at radius 2 is 1.91 bits per heavy atom. The molecule has 6 nitrogen and oxygen atoms in total. The highest BCUT2D eigenvalue weighted by atomic mass is 16.7. The van der Waals surface area contributed by atoms with E-state index < -0.39 is 5.41 Å². The van der Waals surface area contributed by atoms with E-state index in [1.54, 1.807) is 18.2 Å². The summed E-state index contributed by atoms with van der Waals surface area (Å²) in [6.45, 7) is 4.81. The third-order valence-electron chi connectivity index (χ3n) is 3.92. The summed E-state index contributed by atoms with van der Waals surface area (Å²) >= 11 is 0. The second-order valence-corrected chi connectivity index (χ2v) is 6.21. The third kappa shape index (κ3) is 2.73. The number of rotatable bonds is 5. The van der Waals surface area contributed by atoms with Gasteiger partial charge in [0, 0.05) is 18.3 Å². The maximum Gasteiger partial charge on any atom is 0.240 e. The number of nitrogens with one attached hydrogen (secondary N) is 2. The van der Waals surface area contributed by atoms with Crippen LogP contribution in [0.5, 0.6) is 11.5 Å². The van der Waals surface area contributed by atoms with Crippen LogP contribution in [-0.2, 0) is 9.59 Å². The molecular weight excluding hydrogens is 284 g/mol. The van der Waals surface area contributed by atoms with Crippen LogP contribution in [0.15, 0.2) is 18.2 Å². The monoisotopic (exact) mass is 304 g/mol. The quantitative estimate of drug-likeness (QED) is 0.815. The Kier molecular flexibility index (Phi) is 3.68. The van der Waals surface area contributed by atoms with E-state index in [1.807, 2.05) is 13.8 Å². The molecule has 0 atom stereocenters. The normalized spacial score (nSPS) is 17.2. The van der Waals surface area contributed by atoms with Crippen molar-refractivity contribution in [1.29, 1.82) is 0 Å². The molecule has 0 spiro atoms. The van der Waals surface area contributed by atoms with Crippen LogP contribution in [0.3, 0.4) is 0 Å². The lowest BCUT2D eigenvalue weighted by Gasteiger charge is -2.16. The summed E-state index contributed by atoms with van der Waals surface area (Å²) in [5.41, 5.74) is -0.303. The highest BCUT2D eigenvalue weighted by Crippen LogP contribution is 2.47. The topological polar surface area (TPSA) is 76.7 Å². The van der Waals surface area contributed by atoms with Gasteiger partial charge in [0.1, 0.15) is 5.41 Å². The maximum absolute atomic E-state index is 12.4. The predicted molar refractivity (Wildman–Crippen MR) is 80.7 cm³/mol. The largest absolute Gasteiger partial charge is 0.454 e. The first kappa shape index (κ1) is 14.7. The molecule has 1 saturated carbocycles. The fourth-order valence-corrected chi connectivity index (χ4v) is 2.37. The lowest BCUT2D eigenvalue weighted by Crippen LogP contribution is -2.41. The number of anilines is 1. The summed E-state index contributed by atoms with van der Waals surface area (Å²) in [7, 11) is 0. The number of hydrogen-bond donors (Lipinski definition) is 2. The molecule has 2 amide bonds. The average molecular weight is 304 g/mol. The van der Waals surface area contributed by atoms with Gasteiger partial charge in [-0.15, -0.1) is 0 Å². The van der Waals surface area contributed by atoms with Crippen LogP contribution < -0.4 is 20.1 Å². The molecule has 118 valence electrons. The second kappa shape index (κ2) is 5.51. The molecule has 0 radical (unpaired) electrons. The Hall–Kier alpha value is -2.24. The Morgan fingerprint density at radius 1 is 1.18 bits per heavy atom. The number of amides is 2. The molecule has 0 bridgehead atoms. The van der Waals surface area contributed by atoms with E-state index in [2.05, 4.69) is 10.6 Å². The second-order valence-electron chi connectivity index (χ2n) is 6.21. The molecule has 1 fully saturated rings. The highest BCUT2D eigenvalue weighted by Gasteiger charge is 2.56. The minimum absolute atomic E-state index is 0.181. The van der Waals surface area contributed by atoms with Crippen LogP contribution in [0.2, 0.25) is 0 Å². The van der Waals surface area contributed by atoms with Gasteiger partial charge in [-0.25, -0.2) is 0 Å². The first-order valence-electron chi connectivity index (χ1n) is 7.51. The average Bonchev–Trinajstić information content (AvgIpc) is 3.17. The van der Waals surface area contributed by atoms with Crippen LogP contribution in [0.4, 0.5) is 5.69 Å². The third-order valence-corrected chi connectivity index (χ3v) is 3.92. The van der Waals surface area contributed by atoms with Crippen LogP contribution in [0.25, 0.3) is 0 Å². The lowest BCUT2D eigenvalue weighted by atomic mass is 10.0. The molecule has 1 aromatic carbocycles. The molecule has 1 aliphatic heterocycles. The summed E-state index contributed by atoms with van der Waals surface area (Å²) in [4.78, 5) is 24.7. The highest BCUT2D eigenvalue weighted by molar-refractivity contribution is 6.13. The summed E-state index contributed by atoms with van der Waals surface area (Å²) in [5.74, 6) is 1.18.